The second kappa shape index (κ2) is 10.4. The van der Waals surface area contributed by atoms with E-state index in [1.54, 1.807) is 0 Å². The second-order valence-electron chi connectivity index (χ2n) is 12.9. The number of fused-ring (bicyclic) bond motifs is 7. The maximum absolute atomic E-state index is 2.56. The van der Waals surface area contributed by atoms with Gasteiger partial charge in [-0.3, -0.25) is 0 Å². The van der Waals surface area contributed by atoms with Crippen LogP contribution in [0.5, 0.6) is 0 Å². The predicted molar refractivity (Wildman–Crippen MR) is 203 cm³/mol. The van der Waals surface area contributed by atoms with Crippen LogP contribution in [0.1, 0.15) is 22.3 Å². The standard InChI is InChI=1S/C47H31N/c1-2-19-37(20-3-1)47(38-28-26-32-14-4-5-16-34(32)31-38)42-24-12-13-25-43(42)48(44-29-27-33-15-6-9-21-39(33)45(44)47)46-40-22-10-7-17-35(40)30-36-18-8-11-23-41(36)46/h1-31H. The molecule has 224 valence electrons. The molecule has 0 radical (unpaired) electrons. The van der Waals surface area contributed by atoms with Gasteiger partial charge in [-0.1, -0.05) is 164 Å². The first-order chi connectivity index (χ1) is 23.8. The summed E-state index contributed by atoms with van der Waals surface area (Å²) in [5, 5.41) is 9.94. The maximum Gasteiger partial charge on any atom is 0.0748 e. The predicted octanol–water partition coefficient (Wildman–Crippen LogP) is 12.5. The molecule has 0 spiro atoms. The fourth-order valence-electron chi connectivity index (χ4n) is 8.44. The molecule has 1 aliphatic heterocycles. The lowest BCUT2D eigenvalue weighted by Crippen LogP contribution is -2.38. The van der Waals surface area contributed by atoms with Crippen LogP contribution in [-0.2, 0) is 5.41 Å². The molecule has 1 nitrogen and oxygen atoms in total. The Morgan fingerprint density at radius 3 is 1.65 bits per heavy atom. The summed E-state index contributed by atoms with van der Waals surface area (Å²) in [6.07, 6.45) is 0. The van der Waals surface area contributed by atoms with E-state index in [0.29, 0.717) is 0 Å². The van der Waals surface area contributed by atoms with E-state index in [1.807, 2.05) is 0 Å². The van der Waals surface area contributed by atoms with Gasteiger partial charge in [0.25, 0.3) is 0 Å². The zero-order chi connectivity index (χ0) is 31.7. The van der Waals surface area contributed by atoms with E-state index in [9.17, 15) is 0 Å². The van der Waals surface area contributed by atoms with Gasteiger partial charge in [0.1, 0.15) is 0 Å². The molecule has 0 fully saturated rings. The molecule has 0 saturated heterocycles. The molecule has 0 bridgehead atoms. The van der Waals surface area contributed by atoms with Crippen molar-refractivity contribution < 1.29 is 0 Å². The van der Waals surface area contributed by atoms with Gasteiger partial charge in [-0.05, 0) is 73.3 Å². The number of hydrogen-bond acceptors (Lipinski definition) is 1. The van der Waals surface area contributed by atoms with Crippen molar-refractivity contribution in [2.45, 2.75) is 5.41 Å². The van der Waals surface area contributed by atoms with Gasteiger partial charge >= 0.3 is 0 Å². The Morgan fingerprint density at radius 1 is 0.333 bits per heavy atom. The zero-order valence-electron chi connectivity index (χ0n) is 26.3. The monoisotopic (exact) mass is 609 g/mol. The first kappa shape index (κ1) is 27.0. The van der Waals surface area contributed by atoms with Crippen molar-refractivity contribution in [3.63, 3.8) is 0 Å². The highest BCUT2D eigenvalue weighted by Crippen LogP contribution is 2.60. The van der Waals surface area contributed by atoms with E-state index in [4.69, 9.17) is 0 Å². The van der Waals surface area contributed by atoms with E-state index in [2.05, 4.69) is 193 Å². The molecule has 0 aromatic heterocycles. The number of hydrogen-bond donors (Lipinski definition) is 0. The third kappa shape index (κ3) is 3.73. The van der Waals surface area contributed by atoms with Crippen LogP contribution < -0.4 is 4.90 Å². The van der Waals surface area contributed by atoms with Crippen LogP contribution in [0.25, 0.3) is 43.1 Å². The Morgan fingerprint density at radius 2 is 0.896 bits per heavy atom. The van der Waals surface area contributed by atoms with Gasteiger partial charge in [-0.2, -0.15) is 0 Å². The molecule has 1 unspecified atom stereocenters. The van der Waals surface area contributed by atoms with Crippen molar-refractivity contribution in [3.05, 3.63) is 210 Å². The highest BCUT2D eigenvalue weighted by molar-refractivity contribution is 6.16. The van der Waals surface area contributed by atoms with Crippen molar-refractivity contribution >= 4 is 60.2 Å². The van der Waals surface area contributed by atoms with Gasteiger partial charge in [-0.15, -0.1) is 0 Å². The number of anilines is 3. The summed E-state index contributed by atoms with van der Waals surface area (Å²) in [7, 11) is 0. The highest BCUT2D eigenvalue weighted by Gasteiger charge is 2.47. The molecule has 0 amide bonds. The topological polar surface area (TPSA) is 3.24 Å². The summed E-state index contributed by atoms with van der Waals surface area (Å²) in [6, 6.07) is 69.6. The third-order valence-electron chi connectivity index (χ3n) is 10.4. The molecule has 9 aromatic rings. The fourth-order valence-corrected chi connectivity index (χ4v) is 8.44. The summed E-state index contributed by atoms with van der Waals surface area (Å²) < 4.78 is 0. The fraction of sp³-hybridized carbons (Fsp3) is 0.0213. The van der Waals surface area contributed by atoms with Crippen molar-refractivity contribution in [3.8, 4) is 0 Å². The van der Waals surface area contributed by atoms with Crippen molar-refractivity contribution in [2.75, 3.05) is 4.90 Å². The molecule has 1 aliphatic rings. The van der Waals surface area contributed by atoms with Crippen LogP contribution in [0.2, 0.25) is 0 Å². The molecule has 0 N–H and O–H groups in total. The maximum atomic E-state index is 2.56. The summed E-state index contributed by atoms with van der Waals surface area (Å²) in [5.41, 5.74) is 8.12. The van der Waals surface area contributed by atoms with E-state index in [1.165, 1.54) is 82.4 Å². The van der Waals surface area contributed by atoms with Gasteiger partial charge in [-0.25, -0.2) is 0 Å². The van der Waals surface area contributed by atoms with E-state index in [-0.39, 0.29) is 0 Å². The molecule has 0 saturated carbocycles. The third-order valence-corrected chi connectivity index (χ3v) is 10.4. The Hall–Kier alpha value is -6.18. The normalized spacial score (nSPS) is 15.5. The summed E-state index contributed by atoms with van der Waals surface area (Å²) >= 11 is 0. The molecule has 9 aromatic carbocycles. The molecule has 1 atom stereocenters. The first-order valence-corrected chi connectivity index (χ1v) is 16.7. The zero-order valence-corrected chi connectivity index (χ0v) is 26.3. The van der Waals surface area contributed by atoms with Crippen LogP contribution in [0.3, 0.4) is 0 Å². The molecular formula is C47H31N. The van der Waals surface area contributed by atoms with E-state index in [0.717, 1.165) is 0 Å². The van der Waals surface area contributed by atoms with E-state index < -0.39 is 5.41 Å². The smallest absolute Gasteiger partial charge is 0.0748 e. The highest BCUT2D eigenvalue weighted by atomic mass is 15.2. The van der Waals surface area contributed by atoms with Crippen molar-refractivity contribution in [1.82, 2.24) is 0 Å². The SMILES string of the molecule is c1ccc(C2(c3ccc4ccccc4c3)c3ccccc3N(c3c4ccccc4cc4ccccc34)c3ccc4ccccc4c32)cc1. The van der Waals surface area contributed by atoms with Gasteiger partial charge in [0.05, 0.1) is 22.5 Å². The molecular weight excluding hydrogens is 579 g/mol. The van der Waals surface area contributed by atoms with Gasteiger partial charge in [0, 0.05) is 16.3 Å². The Kier molecular flexibility index (Phi) is 5.86. The second-order valence-corrected chi connectivity index (χ2v) is 12.9. The van der Waals surface area contributed by atoms with E-state index >= 15 is 0 Å². The largest absolute Gasteiger partial charge is 0.309 e. The minimum absolute atomic E-state index is 0.588. The molecule has 0 aliphatic carbocycles. The van der Waals surface area contributed by atoms with Crippen molar-refractivity contribution in [2.24, 2.45) is 0 Å². The lowest BCUT2D eigenvalue weighted by Gasteiger charge is -2.47. The Balaban J connectivity index is 1.44. The molecule has 1 heterocycles. The summed E-state index contributed by atoms with van der Waals surface area (Å²) in [6.45, 7) is 0. The van der Waals surface area contributed by atoms with Gasteiger partial charge in [0.15, 0.2) is 0 Å². The number of nitrogens with zero attached hydrogens (tertiary/aromatic N) is 1. The Labute approximate surface area is 280 Å². The average Bonchev–Trinajstić information content (AvgIpc) is 3.16. The van der Waals surface area contributed by atoms with Crippen molar-refractivity contribution in [1.29, 1.82) is 0 Å². The molecule has 10 rings (SSSR count). The van der Waals surface area contributed by atoms with Gasteiger partial charge < -0.3 is 4.90 Å². The van der Waals surface area contributed by atoms with Gasteiger partial charge in [0.2, 0.25) is 0 Å². The lowest BCUT2D eigenvalue weighted by atomic mass is 9.61. The quantitative estimate of drug-likeness (QED) is 0.180. The molecule has 1 heteroatoms. The number of para-hydroxylation sites is 1. The number of benzene rings is 9. The van der Waals surface area contributed by atoms with Crippen LogP contribution in [-0.4, -0.2) is 0 Å². The lowest BCUT2D eigenvalue weighted by molar-refractivity contribution is 0.740. The van der Waals surface area contributed by atoms with Crippen LogP contribution in [0.4, 0.5) is 17.1 Å². The minimum Gasteiger partial charge on any atom is -0.309 e. The van der Waals surface area contributed by atoms with Crippen LogP contribution >= 0.6 is 0 Å². The Bertz CT molecular complexity index is 2630. The summed E-state index contributed by atoms with van der Waals surface area (Å²) in [4.78, 5) is 2.56. The van der Waals surface area contributed by atoms with Crippen LogP contribution in [0, 0.1) is 0 Å². The average molecular weight is 610 g/mol. The minimum atomic E-state index is -0.588. The molecule has 48 heavy (non-hydrogen) atoms. The number of rotatable bonds is 3. The first-order valence-electron chi connectivity index (χ1n) is 16.7. The summed E-state index contributed by atoms with van der Waals surface area (Å²) in [5.74, 6) is 0. The van der Waals surface area contributed by atoms with Crippen LogP contribution in [0.15, 0.2) is 188 Å².